The Kier molecular flexibility index (Phi) is 7.19. The molecule has 1 aliphatic heterocycles. The molecule has 1 saturated heterocycles. The summed E-state index contributed by atoms with van der Waals surface area (Å²) in [6.07, 6.45) is 7.92. The molecule has 1 rings (SSSR count). The van der Waals surface area contributed by atoms with Gasteiger partial charge in [0.05, 0.1) is 6.10 Å². The fourth-order valence-corrected chi connectivity index (χ4v) is 3.19. The lowest BCUT2D eigenvalue weighted by Gasteiger charge is -2.27. The Morgan fingerprint density at radius 3 is 2.72 bits per heavy atom. The summed E-state index contributed by atoms with van der Waals surface area (Å²) in [7, 11) is -2.83. The number of hydrogen-bond acceptors (Lipinski definition) is 4. The van der Waals surface area contributed by atoms with Crippen LogP contribution in [0.25, 0.3) is 0 Å². The summed E-state index contributed by atoms with van der Waals surface area (Å²) in [4.78, 5) is 0. The number of nitrogens with one attached hydrogen (secondary N) is 1. The highest BCUT2D eigenvalue weighted by atomic mass is 32.2. The minimum atomic E-state index is -2.83. The Morgan fingerprint density at radius 2 is 2.17 bits per heavy atom. The molecule has 108 valence electrons. The monoisotopic (exact) mass is 277 g/mol. The van der Waals surface area contributed by atoms with Gasteiger partial charge in [-0.2, -0.15) is 0 Å². The molecular weight excluding hydrogens is 250 g/mol. The quantitative estimate of drug-likeness (QED) is 0.734. The second kappa shape index (κ2) is 8.12. The topological polar surface area (TPSA) is 55.4 Å². The fourth-order valence-electron chi connectivity index (χ4n) is 2.49. The molecule has 2 atom stereocenters. The van der Waals surface area contributed by atoms with Gasteiger partial charge in [-0.1, -0.05) is 6.92 Å². The maximum absolute atomic E-state index is 11.1. The smallest absolute Gasteiger partial charge is 0.147 e. The highest BCUT2D eigenvalue weighted by molar-refractivity contribution is 7.90. The average Bonchev–Trinajstić information content (AvgIpc) is 2.29. The number of hydrogen-bond donors (Lipinski definition) is 1. The molecular formula is C13H27NO3S. The zero-order valence-electron chi connectivity index (χ0n) is 11.7. The zero-order valence-corrected chi connectivity index (χ0v) is 12.5. The first kappa shape index (κ1) is 15.9. The van der Waals surface area contributed by atoms with E-state index in [0.717, 1.165) is 38.8 Å². The van der Waals surface area contributed by atoms with E-state index in [1.165, 1.54) is 19.1 Å². The molecule has 2 unspecified atom stereocenters. The van der Waals surface area contributed by atoms with Crippen molar-refractivity contribution in [2.75, 3.05) is 25.2 Å². The van der Waals surface area contributed by atoms with E-state index in [1.54, 1.807) is 0 Å². The van der Waals surface area contributed by atoms with Crippen molar-refractivity contribution in [3.8, 4) is 0 Å². The van der Waals surface area contributed by atoms with Gasteiger partial charge in [0.2, 0.25) is 0 Å². The van der Waals surface area contributed by atoms with Crippen molar-refractivity contribution in [1.82, 2.24) is 5.32 Å². The van der Waals surface area contributed by atoms with Gasteiger partial charge in [0.25, 0.3) is 0 Å². The molecule has 1 N–H and O–H groups in total. The molecule has 0 aromatic rings. The minimum Gasteiger partial charge on any atom is -0.378 e. The molecule has 1 fully saturated rings. The van der Waals surface area contributed by atoms with Crippen LogP contribution >= 0.6 is 0 Å². The lowest BCUT2D eigenvalue weighted by atomic mass is 9.99. The summed E-state index contributed by atoms with van der Waals surface area (Å²) >= 11 is 0. The lowest BCUT2D eigenvalue weighted by molar-refractivity contribution is 0.00479. The minimum absolute atomic E-state index is 0.292. The van der Waals surface area contributed by atoms with Gasteiger partial charge in [0.1, 0.15) is 9.84 Å². The van der Waals surface area contributed by atoms with Crippen molar-refractivity contribution < 1.29 is 13.2 Å². The van der Waals surface area contributed by atoms with E-state index in [-0.39, 0.29) is 0 Å². The molecule has 0 amide bonds. The molecule has 4 nitrogen and oxygen atoms in total. The molecule has 0 aromatic heterocycles. The van der Waals surface area contributed by atoms with Gasteiger partial charge in [0, 0.05) is 24.7 Å². The molecule has 0 bridgehead atoms. The van der Waals surface area contributed by atoms with Crippen molar-refractivity contribution in [3.63, 3.8) is 0 Å². The van der Waals surface area contributed by atoms with Gasteiger partial charge in [-0.15, -0.1) is 0 Å². The lowest BCUT2D eigenvalue weighted by Crippen LogP contribution is -2.35. The van der Waals surface area contributed by atoms with Crippen LogP contribution in [0.4, 0.5) is 0 Å². The maximum atomic E-state index is 11.1. The molecule has 0 spiro atoms. The zero-order chi connectivity index (χ0) is 13.4. The molecule has 1 aliphatic rings. The summed E-state index contributed by atoms with van der Waals surface area (Å²) < 4.78 is 28.0. The van der Waals surface area contributed by atoms with Crippen LogP contribution < -0.4 is 5.32 Å². The van der Waals surface area contributed by atoms with E-state index < -0.39 is 9.84 Å². The molecule has 1 heterocycles. The fraction of sp³-hybridized carbons (Fsp3) is 1.00. The second-order valence-corrected chi connectivity index (χ2v) is 7.51. The van der Waals surface area contributed by atoms with Crippen molar-refractivity contribution in [3.05, 3.63) is 0 Å². The Hall–Kier alpha value is -0.130. The number of ether oxygens (including phenoxy) is 1. The Bertz CT molecular complexity index is 310. The van der Waals surface area contributed by atoms with Gasteiger partial charge < -0.3 is 10.1 Å². The van der Waals surface area contributed by atoms with E-state index in [9.17, 15) is 8.42 Å². The Morgan fingerprint density at radius 1 is 1.39 bits per heavy atom. The van der Waals surface area contributed by atoms with E-state index in [4.69, 9.17) is 4.74 Å². The molecule has 0 aliphatic carbocycles. The second-order valence-electron chi connectivity index (χ2n) is 5.25. The van der Waals surface area contributed by atoms with Crippen LogP contribution in [-0.2, 0) is 14.6 Å². The standard InChI is InChI=1S/C13H27NO3S/c1-3-14-12(7-6-10-18(2,15)16)11-13-8-4-5-9-17-13/h12-14H,3-11H2,1-2H3. The maximum Gasteiger partial charge on any atom is 0.147 e. The normalized spacial score (nSPS) is 22.9. The third-order valence-corrected chi connectivity index (χ3v) is 4.41. The van der Waals surface area contributed by atoms with Crippen molar-refractivity contribution in [2.24, 2.45) is 0 Å². The summed E-state index contributed by atoms with van der Waals surface area (Å²) in [5.74, 6) is 0.292. The molecule has 0 radical (unpaired) electrons. The summed E-state index contributed by atoms with van der Waals surface area (Å²) in [5.41, 5.74) is 0. The highest BCUT2D eigenvalue weighted by Gasteiger charge is 2.19. The predicted octanol–water partition coefficient (Wildman–Crippen LogP) is 1.75. The van der Waals surface area contributed by atoms with Gasteiger partial charge >= 0.3 is 0 Å². The summed E-state index contributed by atoms with van der Waals surface area (Å²) in [6, 6.07) is 0.389. The summed E-state index contributed by atoms with van der Waals surface area (Å²) in [5, 5.41) is 3.44. The van der Waals surface area contributed by atoms with Gasteiger partial charge in [-0.05, 0) is 45.1 Å². The van der Waals surface area contributed by atoms with Gasteiger partial charge in [0.15, 0.2) is 0 Å². The Balaban J connectivity index is 2.29. The van der Waals surface area contributed by atoms with E-state index in [0.29, 0.717) is 17.9 Å². The van der Waals surface area contributed by atoms with E-state index in [1.807, 2.05) is 0 Å². The van der Waals surface area contributed by atoms with E-state index >= 15 is 0 Å². The Labute approximate surface area is 111 Å². The first-order chi connectivity index (χ1) is 8.51. The van der Waals surface area contributed by atoms with Crippen LogP contribution in [0.15, 0.2) is 0 Å². The van der Waals surface area contributed by atoms with Crippen molar-refractivity contribution >= 4 is 9.84 Å². The average molecular weight is 277 g/mol. The molecule has 18 heavy (non-hydrogen) atoms. The van der Waals surface area contributed by atoms with Crippen LogP contribution in [-0.4, -0.2) is 45.7 Å². The van der Waals surface area contributed by atoms with Crippen LogP contribution in [0.3, 0.4) is 0 Å². The van der Waals surface area contributed by atoms with Crippen molar-refractivity contribution in [2.45, 2.75) is 57.6 Å². The third-order valence-electron chi connectivity index (χ3n) is 3.38. The highest BCUT2D eigenvalue weighted by Crippen LogP contribution is 2.18. The first-order valence-corrected chi connectivity index (χ1v) is 9.10. The third kappa shape index (κ3) is 7.34. The van der Waals surface area contributed by atoms with Crippen molar-refractivity contribution in [1.29, 1.82) is 0 Å². The SMILES string of the molecule is CCNC(CCCS(C)(=O)=O)CC1CCCCO1. The van der Waals surface area contributed by atoms with Crippen LogP contribution in [0.5, 0.6) is 0 Å². The molecule has 0 saturated carbocycles. The largest absolute Gasteiger partial charge is 0.378 e. The number of sulfone groups is 1. The molecule has 5 heteroatoms. The van der Waals surface area contributed by atoms with E-state index in [2.05, 4.69) is 12.2 Å². The first-order valence-electron chi connectivity index (χ1n) is 7.04. The number of rotatable bonds is 8. The summed E-state index contributed by atoms with van der Waals surface area (Å²) in [6.45, 7) is 3.90. The van der Waals surface area contributed by atoms with Crippen LogP contribution in [0, 0.1) is 0 Å². The van der Waals surface area contributed by atoms with Gasteiger partial charge in [-0.25, -0.2) is 8.42 Å². The molecule has 0 aromatic carbocycles. The van der Waals surface area contributed by atoms with Crippen LogP contribution in [0.1, 0.15) is 45.4 Å². The van der Waals surface area contributed by atoms with Gasteiger partial charge in [-0.3, -0.25) is 0 Å². The predicted molar refractivity (Wildman–Crippen MR) is 74.6 cm³/mol. The van der Waals surface area contributed by atoms with Crippen LogP contribution in [0.2, 0.25) is 0 Å².